The number of nitrogens with one attached hydrogen (secondary N) is 6. The quantitative estimate of drug-likeness (QED) is 0.176. The number of amides is 5. The molecule has 13 heteroatoms. The minimum Gasteiger partial charge on any atom is -0.460 e. The molecule has 2 aliphatic rings. The molecule has 1 heterocycles. The molecule has 45 heavy (non-hydrogen) atoms. The number of carbonyl (C=O) groups is 6. The Hall–Kier alpha value is -4.00. The Labute approximate surface area is 264 Å². The lowest BCUT2D eigenvalue weighted by atomic mass is 9.80. The minimum absolute atomic E-state index is 0.0932. The van der Waals surface area contributed by atoms with Gasteiger partial charge in [0, 0.05) is 6.42 Å². The van der Waals surface area contributed by atoms with E-state index in [-0.39, 0.29) is 6.42 Å². The Morgan fingerprint density at radius 3 is 2.22 bits per heavy atom. The first kappa shape index (κ1) is 35.5. The molecule has 1 aliphatic carbocycles. The van der Waals surface area contributed by atoms with Crippen molar-refractivity contribution in [1.82, 2.24) is 31.9 Å². The van der Waals surface area contributed by atoms with E-state index in [0.717, 1.165) is 12.0 Å². The summed E-state index contributed by atoms with van der Waals surface area (Å²) in [5.74, 6) is -3.87. The summed E-state index contributed by atoms with van der Waals surface area (Å²) in [5.41, 5.74) is -1.37. The third kappa shape index (κ3) is 11.1. The van der Waals surface area contributed by atoms with E-state index in [1.165, 1.54) is 0 Å². The predicted octanol–water partition coefficient (Wildman–Crippen LogP) is 0.364. The lowest BCUT2D eigenvalue weighted by molar-refractivity contribution is -0.156. The van der Waals surface area contributed by atoms with Crippen LogP contribution in [0.5, 0.6) is 0 Å². The van der Waals surface area contributed by atoms with Gasteiger partial charge in [0.2, 0.25) is 29.5 Å². The van der Waals surface area contributed by atoms with E-state index in [4.69, 9.17) is 4.74 Å². The van der Waals surface area contributed by atoms with E-state index < -0.39 is 77.7 Å². The van der Waals surface area contributed by atoms with Crippen LogP contribution < -0.4 is 31.9 Å². The van der Waals surface area contributed by atoms with E-state index in [2.05, 4.69) is 31.9 Å². The summed E-state index contributed by atoms with van der Waals surface area (Å²) in [4.78, 5) is 80.5. The average molecular weight is 629 g/mol. The normalized spacial score (nSPS) is 23.4. The van der Waals surface area contributed by atoms with Gasteiger partial charge in [-0.05, 0) is 65.6 Å². The maximum atomic E-state index is 14.1. The lowest BCUT2D eigenvalue weighted by Gasteiger charge is -2.38. The number of rotatable bonds is 8. The topological polar surface area (TPSA) is 184 Å². The fourth-order valence-electron chi connectivity index (χ4n) is 5.56. The van der Waals surface area contributed by atoms with Crippen molar-refractivity contribution in [2.45, 2.75) is 108 Å². The highest BCUT2D eigenvalue weighted by Gasteiger charge is 2.44. The maximum absolute atomic E-state index is 14.1. The molecule has 1 aliphatic heterocycles. The minimum atomic E-state index is -1.39. The number of benzene rings is 1. The van der Waals surface area contributed by atoms with Crippen LogP contribution in [0.4, 0.5) is 0 Å². The Morgan fingerprint density at radius 2 is 1.58 bits per heavy atom. The molecule has 0 radical (unpaired) electrons. The van der Waals surface area contributed by atoms with Crippen molar-refractivity contribution in [3.8, 4) is 0 Å². The van der Waals surface area contributed by atoms with Crippen LogP contribution >= 0.6 is 0 Å². The molecule has 1 spiro atoms. The molecule has 1 saturated carbocycles. The molecule has 1 unspecified atom stereocenters. The molecular weight excluding hydrogens is 580 g/mol. The molecule has 6 N–H and O–H groups in total. The van der Waals surface area contributed by atoms with Gasteiger partial charge in [-0.2, -0.15) is 0 Å². The third-order valence-corrected chi connectivity index (χ3v) is 7.83. The zero-order valence-electron chi connectivity index (χ0n) is 26.8. The smallest absolute Gasteiger partial charge is 0.308 e. The van der Waals surface area contributed by atoms with Crippen LogP contribution in [-0.4, -0.2) is 84.9 Å². The van der Waals surface area contributed by atoms with E-state index in [1.54, 1.807) is 40.0 Å². The van der Waals surface area contributed by atoms with Gasteiger partial charge in [0.05, 0.1) is 13.0 Å². The SMILES string of the molecule is CNCCC[C@@H]1NC(=O)CNC(=O)C(CC(=O)OC(C)(C)C)NC(=O)[C@@H](Cc2ccccc2)NC(=O)C2(CCCCC2)NC1=O. The van der Waals surface area contributed by atoms with Crippen molar-refractivity contribution >= 4 is 35.5 Å². The molecule has 3 rings (SSSR count). The Balaban J connectivity index is 2.00. The zero-order chi connectivity index (χ0) is 33.0. The van der Waals surface area contributed by atoms with Crippen LogP contribution in [0, 0.1) is 0 Å². The molecule has 1 aromatic rings. The monoisotopic (exact) mass is 628 g/mol. The molecule has 0 aromatic heterocycles. The number of hydrogen-bond donors (Lipinski definition) is 6. The van der Waals surface area contributed by atoms with Crippen molar-refractivity contribution in [2.24, 2.45) is 0 Å². The zero-order valence-corrected chi connectivity index (χ0v) is 26.8. The summed E-state index contributed by atoms with van der Waals surface area (Å²) in [6.07, 6.45) is 3.45. The molecule has 2 fully saturated rings. The number of esters is 1. The van der Waals surface area contributed by atoms with Crippen molar-refractivity contribution < 1.29 is 33.5 Å². The van der Waals surface area contributed by atoms with Crippen LogP contribution in [0.3, 0.4) is 0 Å². The molecule has 0 bridgehead atoms. The molecule has 248 valence electrons. The fraction of sp³-hybridized carbons (Fsp3) is 0.625. The van der Waals surface area contributed by atoms with E-state index >= 15 is 0 Å². The van der Waals surface area contributed by atoms with E-state index in [1.807, 2.05) is 18.2 Å². The molecule has 1 saturated heterocycles. The lowest BCUT2D eigenvalue weighted by Crippen LogP contribution is -2.65. The molecular formula is C32H48N6O7. The Kier molecular flexibility index (Phi) is 12.9. The van der Waals surface area contributed by atoms with Crippen molar-refractivity contribution in [3.63, 3.8) is 0 Å². The molecule has 13 nitrogen and oxygen atoms in total. The maximum Gasteiger partial charge on any atom is 0.308 e. The highest BCUT2D eigenvalue weighted by Crippen LogP contribution is 2.29. The number of carbonyl (C=O) groups excluding carboxylic acids is 6. The second kappa shape index (κ2) is 16.4. The van der Waals surface area contributed by atoms with Crippen LogP contribution in [0.15, 0.2) is 30.3 Å². The summed E-state index contributed by atoms with van der Waals surface area (Å²) >= 11 is 0. The first-order valence-corrected chi connectivity index (χ1v) is 15.7. The van der Waals surface area contributed by atoms with E-state index in [9.17, 15) is 28.8 Å². The summed E-state index contributed by atoms with van der Waals surface area (Å²) in [6.45, 7) is 5.14. The second-order valence-electron chi connectivity index (χ2n) is 12.8. The average Bonchev–Trinajstić information content (AvgIpc) is 2.98. The van der Waals surface area contributed by atoms with Crippen molar-refractivity contribution in [2.75, 3.05) is 20.1 Å². The van der Waals surface area contributed by atoms with Gasteiger partial charge >= 0.3 is 5.97 Å². The fourth-order valence-corrected chi connectivity index (χ4v) is 5.56. The summed E-state index contributed by atoms with van der Waals surface area (Å²) in [7, 11) is 1.78. The largest absolute Gasteiger partial charge is 0.460 e. The molecule has 5 amide bonds. The van der Waals surface area contributed by atoms with Crippen molar-refractivity contribution in [3.05, 3.63) is 35.9 Å². The van der Waals surface area contributed by atoms with Gasteiger partial charge in [0.15, 0.2) is 0 Å². The predicted molar refractivity (Wildman–Crippen MR) is 167 cm³/mol. The van der Waals surface area contributed by atoms with Crippen LogP contribution in [0.25, 0.3) is 0 Å². The van der Waals surface area contributed by atoms with Gasteiger partial charge < -0.3 is 36.6 Å². The van der Waals surface area contributed by atoms with Gasteiger partial charge in [-0.15, -0.1) is 0 Å². The van der Waals surface area contributed by atoms with Gasteiger partial charge in [-0.1, -0.05) is 49.6 Å². The standard InChI is InChI=1S/C32H48N6O7/c1-31(2,3)45-26(40)19-24-27(41)34-20-25(39)35-22(14-11-17-33-4)29(43)38-32(15-9-6-10-16-32)30(44)37-23(28(42)36-24)18-21-12-7-5-8-13-21/h5,7-8,12-13,22-24,33H,6,9-11,14-20H2,1-4H3,(H,34,41)(H,35,39)(H,36,42)(H,37,44)(H,38,43)/t22-,23+,24?/m0/s1. The first-order chi connectivity index (χ1) is 21.3. The summed E-state index contributed by atoms with van der Waals surface area (Å²) < 4.78 is 5.39. The molecule has 3 atom stereocenters. The number of ether oxygens (including phenoxy) is 1. The summed E-state index contributed by atoms with van der Waals surface area (Å²) in [6, 6.07) is 5.57. The van der Waals surface area contributed by atoms with Gasteiger partial charge in [0.25, 0.3) is 0 Å². The summed E-state index contributed by atoms with van der Waals surface area (Å²) in [5, 5.41) is 16.6. The molecule has 1 aromatic carbocycles. The van der Waals surface area contributed by atoms with Gasteiger partial charge in [-0.25, -0.2) is 0 Å². The van der Waals surface area contributed by atoms with E-state index in [0.29, 0.717) is 45.1 Å². The van der Waals surface area contributed by atoms with Gasteiger partial charge in [-0.3, -0.25) is 28.8 Å². The Bertz CT molecular complexity index is 1210. The number of hydrogen-bond acceptors (Lipinski definition) is 8. The van der Waals surface area contributed by atoms with Crippen LogP contribution in [0.1, 0.15) is 77.7 Å². The first-order valence-electron chi connectivity index (χ1n) is 15.7. The van der Waals surface area contributed by atoms with Crippen molar-refractivity contribution in [1.29, 1.82) is 0 Å². The third-order valence-electron chi connectivity index (χ3n) is 7.83. The Morgan fingerprint density at radius 1 is 0.889 bits per heavy atom. The highest BCUT2D eigenvalue weighted by atomic mass is 16.6. The van der Waals surface area contributed by atoms with Gasteiger partial charge in [0.1, 0.15) is 29.3 Å². The highest BCUT2D eigenvalue weighted by molar-refractivity contribution is 5.99. The van der Waals surface area contributed by atoms with Crippen LogP contribution in [-0.2, 0) is 39.9 Å². The second-order valence-corrected chi connectivity index (χ2v) is 12.8. The van der Waals surface area contributed by atoms with Crippen LogP contribution in [0.2, 0.25) is 0 Å².